The van der Waals surface area contributed by atoms with E-state index in [2.05, 4.69) is 45.6 Å². The van der Waals surface area contributed by atoms with Crippen LogP contribution >= 0.6 is 38.6 Å². The van der Waals surface area contributed by atoms with Gasteiger partial charge in [0.05, 0.1) is 0 Å². The average molecular weight is 357 g/mol. The first-order valence-electron chi connectivity index (χ1n) is 7.08. The molecule has 2 rings (SSSR count). The Bertz CT molecular complexity index is 445. The van der Waals surface area contributed by atoms with Crippen molar-refractivity contribution in [1.29, 1.82) is 0 Å². The lowest BCUT2D eigenvalue weighted by Crippen LogP contribution is -1.83. The highest BCUT2D eigenvalue weighted by Crippen LogP contribution is 2.32. The average Bonchev–Trinajstić information content (AvgIpc) is 3.08. The van der Waals surface area contributed by atoms with E-state index in [0.29, 0.717) is 0 Å². The van der Waals surface area contributed by atoms with Crippen LogP contribution in [0.25, 0.3) is 9.75 Å². The van der Waals surface area contributed by atoms with E-state index in [4.69, 9.17) is 0 Å². The third-order valence-corrected chi connectivity index (χ3v) is 6.00. The highest BCUT2D eigenvalue weighted by Gasteiger charge is 2.03. The molecule has 2 aromatic heterocycles. The molecule has 19 heavy (non-hydrogen) atoms. The number of unbranched alkanes of at least 4 members (excludes halogenated alkanes) is 5. The van der Waals surface area contributed by atoms with Gasteiger partial charge in [0.25, 0.3) is 0 Å². The second-order valence-electron chi connectivity index (χ2n) is 4.80. The molecule has 2 heterocycles. The normalized spacial score (nSPS) is 11.0. The van der Waals surface area contributed by atoms with E-state index in [1.54, 1.807) is 4.88 Å². The molecular formula is C16H21BrS2. The molecule has 0 spiro atoms. The Balaban J connectivity index is 1.64. The summed E-state index contributed by atoms with van der Waals surface area (Å²) in [5.74, 6) is 0. The molecular weight excluding hydrogens is 336 g/mol. The summed E-state index contributed by atoms with van der Waals surface area (Å²) in [7, 11) is 0. The predicted octanol–water partition coefficient (Wildman–Crippen LogP) is 6.75. The number of hydrogen-bond donors (Lipinski definition) is 0. The minimum absolute atomic E-state index is 1.16. The minimum atomic E-state index is 1.16. The molecule has 104 valence electrons. The SMILES string of the molecule is BrCCCCCCCCc1ccc(-c2cccs2)s1. The van der Waals surface area contributed by atoms with Crippen molar-refractivity contribution in [3.05, 3.63) is 34.5 Å². The highest BCUT2D eigenvalue weighted by molar-refractivity contribution is 9.09. The number of hydrogen-bond acceptors (Lipinski definition) is 2. The molecule has 0 saturated carbocycles. The molecule has 0 radical (unpaired) electrons. The fraction of sp³-hybridized carbons (Fsp3) is 0.500. The maximum absolute atomic E-state index is 3.48. The molecule has 0 aliphatic heterocycles. The zero-order valence-electron chi connectivity index (χ0n) is 11.2. The van der Waals surface area contributed by atoms with Crippen molar-refractivity contribution in [3.63, 3.8) is 0 Å². The van der Waals surface area contributed by atoms with Crippen LogP contribution in [0.15, 0.2) is 29.6 Å². The quantitative estimate of drug-likeness (QED) is 0.344. The van der Waals surface area contributed by atoms with E-state index in [-0.39, 0.29) is 0 Å². The number of halogens is 1. The van der Waals surface area contributed by atoms with Gasteiger partial charge >= 0.3 is 0 Å². The molecule has 0 N–H and O–H groups in total. The summed E-state index contributed by atoms with van der Waals surface area (Å²) in [6.45, 7) is 0. The van der Waals surface area contributed by atoms with Crippen LogP contribution in [0.1, 0.15) is 43.4 Å². The van der Waals surface area contributed by atoms with Gasteiger partial charge in [-0.2, -0.15) is 0 Å². The van der Waals surface area contributed by atoms with E-state index in [0.717, 1.165) is 5.33 Å². The zero-order valence-corrected chi connectivity index (χ0v) is 14.5. The van der Waals surface area contributed by atoms with Crippen LogP contribution in [0.5, 0.6) is 0 Å². The van der Waals surface area contributed by atoms with Crippen molar-refractivity contribution in [3.8, 4) is 9.75 Å². The summed E-state index contributed by atoms with van der Waals surface area (Å²) >= 11 is 7.29. The first kappa shape index (κ1) is 15.3. The Morgan fingerprint density at radius 1 is 0.842 bits per heavy atom. The van der Waals surface area contributed by atoms with Crippen LogP contribution in [-0.4, -0.2) is 5.33 Å². The molecule has 0 bridgehead atoms. The fourth-order valence-corrected chi connectivity index (χ4v) is 4.44. The second-order valence-corrected chi connectivity index (χ2v) is 7.71. The Labute approximate surface area is 133 Å². The third kappa shape index (κ3) is 5.41. The lowest BCUT2D eigenvalue weighted by molar-refractivity contribution is 0.611. The summed E-state index contributed by atoms with van der Waals surface area (Å²) in [6.07, 6.45) is 9.50. The van der Waals surface area contributed by atoms with Gasteiger partial charge in [-0.15, -0.1) is 22.7 Å². The lowest BCUT2D eigenvalue weighted by Gasteiger charge is -1.99. The highest BCUT2D eigenvalue weighted by atomic mass is 79.9. The van der Waals surface area contributed by atoms with E-state index in [9.17, 15) is 0 Å². The van der Waals surface area contributed by atoms with Crippen LogP contribution in [0, 0.1) is 0 Å². The van der Waals surface area contributed by atoms with E-state index >= 15 is 0 Å². The fourth-order valence-electron chi connectivity index (χ4n) is 2.16. The molecule has 0 unspecified atom stereocenters. The van der Waals surface area contributed by atoms with E-state index in [1.165, 1.54) is 54.7 Å². The summed E-state index contributed by atoms with van der Waals surface area (Å²) < 4.78 is 0. The largest absolute Gasteiger partial charge is 0.143 e. The molecule has 0 amide bonds. The van der Waals surface area contributed by atoms with Crippen molar-refractivity contribution < 1.29 is 0 Å². The molecule has 0 saturated heterocycles. The van der Waals surface area contributed by atoms with Gasteiger partial charge in [0.1, 0.15) is 0 Å². The van der Waals surface area contributed by atoms with Crippen LogP contribution in [0.3, 0.4) is 0 Å². The van der Waals surface area contributed by atoms with Gasteiger partial charge < -0.3 is 0 Å². The lowest BCUT2D eigenvalue weighted by atomic mass is 10.1. The van der Waals surface area contributed by atoms with Gasteiger partial charge in [0, 0.05) is 20.0 Å². The van der Waals surface area contributed by atoms with E-state index < -0.39 is 0 Å². The molecule has 0 aliphatic rings. The predicted molar refractivity (Wildman–Crippen MR) is 92.8 cm³/mol. The van der Waals surface area contributed by atoms with Crippen molar-refractivity contribution in [1.82, 2.24) is 0 Å². The zero-order chi connectivity index (χ0) is 13.3. The molecule has 0 fully saturated rings. The topological polar surface area (TPSA) is 0 Å². The van der Waals surface area contributed by atoms with Crippen LogP contribution < -0.4 is 0 Å². The maximum Gasteiger partial charge on any atom is 0.0445 e. The Morgan fingerprint density at radius 3 is 2.37 bits per heavy atom. The Morgan fingerprint density at radius 2 is 1.63 bits per heavy atom. The van der Waals surface area contributed by atoms with Crippen molar-refractivity contribution >= 4 is 38.6 Å². The summed E-state index contributed by atoms with van der Waals surface area (Å²) in [4.78, 5) is 4.39. The monoisotopic (exact) mass is 356 g/mol. The smallest absolute Gasteiger partial charge is 0.0445 e. The van der Waals surface area contributed by atoms with Crippen molar-refractivity contribution in [2.45, 2.75) is 44.9 Å². The van der Waals surface area contributed by atoms with Gasteiger partial charge in [-0.1, -0.05) is 47.7 Å². The summed E-state index contributed by atoms with van der Waals surface area (Å²) in [5.41, 5.74) is 0. The number of alkyl halides is 1. The number of rotatable bonds is 9. The Kier molecular flexibility index (Phi) is 7.18. The summed E-state index contributed by atoms with van der Waals surface area (Å²) in [5, 5.41) is 3.31. The Hall–Kier alpha value is -0.120. The maximum atomic E-state index is 3.48. The van der Waals surface area contributed by atoms with Gasteiger partial charge in [-0.3, -0.25) is 0 Å². The van der Waals surface area contributed by atoms with Crippen molar-refractivity contribution in [2.75, 3.05) is 5.33 Å². The number of thiophene rings is 2. The minimum Gasteiger partial charge on any atom is -0.143 e. The van der Waals surface area contributed by atoms with Gasteiger partial charge in [0.15, 0.2) is 0 Å². The second kappa shape index (κ2) is 8.93. The van der Waals surface area contributed by atoms with Gasteiger partial charge in [-0.05, 0) is 42.8 Å². The molecule has 0 aromatic carbocycles. The molecule has 0 aliphatic carbocycles. The van der Waals surface area contributed by atoms with Crippen LogP contribution in [0.2, 0.25) is 0 Å². The molecule has 0 atom stereocenters. The molecule has 0 nitrogen and oxygen atoms in total. The standard InChI is InChI=1S/C16H21BrS2/c17-12-6-4-2-1-3-5-8-14-10-11-16(19-14)15-9-7-13-18-15/h7,9-11,13H,1-6,8,12H2. The first-order valence-corrected chi connectivity index (χ1v) is 9.90. The van der Waals surface area contributed by atoms with Gasteiger partial charge in [0.2, 0.25) is 0 Å². The molecule has 3 heteroatoms. The summed E-state index contributed by atoms with van der Waals surface area (Å²) in [6, 6.07) is 8.93. The van der Waals surface area contributed by atoms with E-state index in [1.807, 2.05) is 22.7 Å². The van der Waals surface area contributed by atoms with Crippen LogP contribution in [0.4, 0.5) is 0 Å². The third-order valence-electron chi connectivity index (χ3n) is 3.23. The van der Waals surface area contributed by atoms with Gasteiger partial charge in [-0.25, -0.2) is 0 Å². The van der Waals surface area contributed by atoms with Crippen molar-refractivity contribution in [2.24, 2.45) is 0 Å². The first-order chi connectivity index (χ1) is 9.40. The van der Waals surface area contributed by atoms with Crippen LogP contribution in [-0.2, 0) is 6.42 Å². The molecule has 2 aromatic rings. The number of aryl methyl sites for hydroxylation is 1.